The summed E-state index contributed by atoms with van der Waals surface area (Å²) in [5, 5.41) is 3.34. The maximum Gasteiger partial charge on any atom is 0.133 e. The SMILES string of the molecule is CCNC(C)c1cnc(Cc2ccccc2F)nc1C. The highest BCUT2D eigenvalue weighted by Crippen LogP contribution is 2.16. The molecule has 4 heteroatoms. The van der Waals surface area contributed by atoms with Gasteiger partial charge in [-0.25, -0.2) is 14.4 Å². The van der Waals surface area contributed by atoms with E-state index >= 15 is 0 Å². The predicted molar refractivity (Wildman–Crippen MR) is 78.1 cm³/mol. The number of hydrogen-bond acceptors (Lipinski definition) is 3. The molecule has 20 heavy (non-hydrogen) atoms. The molecule has 3 nitrogen and oxygen atoms in total. The van der Waals surface area contributed by atoms with Gasteiger partial charge >= 0.3 is 0 Å². The van der Waals surface area contributed by atoms with Crippen LogP contribution in [0.25, 0.3) is 0 Å². The summed E-state index contributed by atoms with van der Waals surface area (Å²) in [5.74, 6) is 0.443. The molecule has 0 radical (unpaired) electrons. The van der Waals surface area contributed by atoms with Crippen molar-refractivity contribution in [1.29, 1.82) is 0 Å². The molecule has 0 fully saturated rings. The van der Waals surface area contributed by atoms with Gasteiger partial charge in [0.05, 0.1) is 0 Å². The second kappa shape index (κ2) is 6.57. The number of aryl methyl sites for hydroxylation is 1. The van der Waals surface area contributed by atoms with E-state index in [0.29, 0.717) is 17.8 Å². The number of hydrogen-bond donors (Lipinski definition) is 1. The first kappa shape index (κ1) is 14.6. The first-order chi connectivity index (χ1) is 9.61. The average molecular weight is 273 g/mol. The summed E-state index contributed by atoms with van der Waals surface area (Å²) in [6, 6.07) is 6.97. The lowest BCUT2D eigenvalue weighted by atomic mass is 10.1. The Balaban J connectivity index is 2.19. The number of aromatic nitrogens is 2. The zero-order chi connectivity index (χ0) is 14.5. The fourth-order valence-corrected chi connectivity index (χ4v) is 2.26. The molecule has 0 aliphatic heterocycles. The zero-order valence-electron chi connectivity index (χ0n) is 12.2. The fourth-order valence-electron chi connectivity index (χ4n) is 2.26. The Bertz CT molecular complexity index is 584. The third-order valence-corrected chi connectivity index (χ3v) is 3.35. The number of nitrogens with one attached hydrogen (secondary N) is 1. The topological polar surface area (TPSA) is 37.8 Å². The van der Waals surface area contributed by atoms with Crippen molar-refractivity contribution >= 4 is 0 Å². The molecule has 106 valence electrons. The van der Waals surface area contributed by atoms with Gasteiger partial charge < -0.3 is 5.32 Å². The molecule has 1 atom stereocenters. The van der Waals surface area contributed by atoms with Crippen LogP contribution < -0.4 is 5.32 Å². The van der Waals surface area contributed by atoms with Gasteiger partial charge in [0.2, 0.25) is 0 Å². The molecular formula is C16H20FN3. The van der Waals surface area contributed by atoms with Gasteiger partial charge in [-0.05, 0) is 32.0 Å². The quantitative estimate of drug-likeness (QED) is 0.909. The third kappa shape index (κ3) is 3.39. The highest BCUT2D eigenvalue weighted by atomic mass is 19.1. The Morgan fingerprint density at radius 3 is 2.70 bits per heavy atom. The standard InChI is InChI=1S/C16H20FN3/c1-4-18-11(2)14-10-19-16(20-12(14)3)9-13-7-5-6-8-15(13)17/h5-8,10-11,18H,4,9H2,1-3H3. The molecule has 2 aromatic rings. The second-order valence-corrected chi connectivity index (χ2v) is 4.87. The Hall–Kier alpha value is -1.81. The number of nitrogens with zero attached hydrogens (tertiary/aromatic N) is 2. The van der Waals surface area contributed by atoms with E-state index in [1.54, 1.807) is 12.1 Å². The Labute approximate surface area is 119 Å². The number of benzene rings is 1. The van der Waals surface area contributed by atoms with Gasteiger partial charge in [0, 0.05) is 29.9 Å². The van der Waals surface area contributed by atoms with Crippen LogP contribution in [-0.2, 0) is 6.42 Å². The molecule has 1 aromatic carbocycles. The summed E-state index contributed by atoms with van der Waals surface area (Å²) in [6.45, 7) is 7.03. The normalized spacial score (nSPS) is 12.4. The summed E-state index contributed by atoms with van der Waals surface area (Å²) < 4.78 is 13.6. The van der Waals surface area contributed by atoms with Gasteiger partial charge in [-0.3, -0.25) is 0 Å². The van der Waals surface area contributed by atoms with Crippen LogP contribution >= 0.6 is 0 Å². The molecule has 0 amide bonds. The van der Waals surface area contributed by atoms with E-state index in [1.807, 2.05) is 19.2 Å². The van der Waals surface area contributed by atoms with Gasteiger partial charge in [-0.2, -0.15) is 0 Å². The highest BCUT2D eigenvalue weighted by Gasteiger charge is 2.11. The van der Waals surface area contributed by atoms with Crippen LogP contribution in [0.4, 0.5) is 4.39 Å². The van der Waals surface area contributed by atoms with E-state index in [9.17, 15) is 4.39 Å². The lowest BCUT2D eigenvalue weighted by Gasteiger charge is -2.15. The maximum absolute atomic E-state index is 13.6. The average Bonchev–Trinajstić information content (AvgIpc) is 2.42. The molecule has 1 heterocycles. The molecule has 0 aliphatic carbocycles. The van der Waals surface area contributed by atoms with Crippen molar-refractivity contribution in [3.8, 4) is 0 Å². The largest absolute Gasteiger partial charge is 0.310 e. The second-order valence-electron chi connectivity index (χ2n) is 4.87. The Morgan fingerprint density at radius 1 is 1.30 bits per heavy atom. The van der Waals surface area contributed by atoms with Crippen molar-refractivity contribution in [1.82, 2.24) is 15.3 Å². The minimum Gasteiger partial charge on any atom is -0.310 e. The van der Waals surface area contributed by atoms with Gasteiger partial charge in [-0.1, -0.05) is 25.1 Å². The predicted octanol–water partition coefficient (Wildman–Crippen LogP) is 3.19. The molecule has 1 unspecified atom stereocenters. The Morgan fingerprint density at radius 2 is 2.05 bits per heavy atom. The smallest absolute Gasteiger partial charge is 0.133 e. The van der Waals surface area contributed by atoms with Crippen LogP contribution in [0.2, 0.25) is 0 Å². The van der Waals surface area contributed by atoms with Crippen LogP contribution in [0, 0.1) is 12.7 Å². The summed E-state index contributed by atoms with van der Waals surface area (Å²) in [4.78, 5) is 8.86. The van der Waals surface area contributed by atoms with Gasteiger partial charge in [0.15, 0.2) is 0 Å². The minimum absolute atomic E-state index is 0.209. The maximum atomic E-state index is 13.6. The van der Waals surface area contributed by atoms with E-state index in [0.717, 1.165) is 17.8 Å². The van der Waals surface area contributed by atoms with E-state index in [1.165, 1.54) is 6.07 Å². The van der Waals surface area contributed by atoms with Crippen molar-refractivity contribution in [3.63, 3.8) is 0 Å². The summed E-state index contributed by atoms with van der Waals surface area (Å²) >= 11 is 0. The molecule has 0 bridgehead atoms. The van der Waals surface area contributed by atoms with Crippen LogP contribution in [-0.4, -0.2) is 16.5 Å². The first-order valence-corrected chi connectivity index (χ1v) is 6.91. The molecular weight excluding hydrogens is 253 g/mol. The molecule has 0 saturated carbocycles. The van der Waals surface area contributed by atoms with E-state index in [2.05, 4.69) is 29.1 Å². The zero-order valence-corrected chi connectivity index (χ0v) is 12.2. The molecule has 2 rings (SSSR count). The van der Waals surface area contributed by atoms with Crippen molar-refractivity contribution in [2.45, 2.75) is 33.2 Å². The summed E-state index contributed by atoms with van der Waals surface area (Å²) in [7, 11) is 0. The van der Waals surface area contributed by atoms with Crippen molar-refractivity contribution in [2.75, 3.05) is 6.54 Å². The van der Waals surface area contributed by atoms with Crippen LogP contribution in [0.5, 0.6) is 0 Å². The molecule has 0 spiro atoms. The third-order valence-electron chi connectivity index (χ3n) is 3.35. The fraction of sp³-hybridized carbons (Fsp3) is 0.375. The Kier molecular flexibility index (Phi) is 4.79. The van der Waals surface area contributed by atoms with Crippen LogP contribution in [0.15, 0.2) is 30.5 Å². The monoisotopic (exact) mass is 273 g/mol. The van der Waals surface area contributed by atoms with Gasteiger partial charge in [0.25, 0.3) is 0 Å². The van der Waals surface area contributed by atoms with Crippen LogP contribution in [0.1, 0.15) is 42.5 Å². The van der Waals surface area contributed by atoms with E-state index in [4.69, 9.17) is 0 Å². The van der Waals surface area contributed by atoms with Crippen molar-refractivity contribution in [2.24, 2.45) is 0 Å². The lowest BCUT2D eigenvalue weighted by Crippen LogP contribution is -2.19. The van der Waals surface area contributed by atoms with Crippen molar-refractivity contribution in [3.05, 3.63) is 58.9 Å². The highest BCUT2D eigenvalue weighted by molar-refractivity contribution is 5.24. The van der Waals surface area contributed by atoms with Crippen molar-refractivity contribution < 1.29 is 4.39 Å². The number of halogens is 1. The minimum atomic E-state index is -0.209. The van der Waals surface area contributed by atoms with E-state index < -0.39 is 0 Å². The first-order valence-electron chi connectivity index (χ1n) is 6.91. The summed E-state index contributed by atoms with van der Waals surface area (Å²) in [6.07, 6.45) is 2.26. The van der Waals surface area contributed by atoms with E-state index in [-0.39, 0.29) is 11.9 Å². The lowest BCUT2D eigenvalue weighted by molar-refractivity contribution is 0.587. The summed E-state index contributed by atoms with van der Waals surface area (Å²) in [5.41, 5.74) is 2.66. The molecule has 1 N–H and O–H groups in total. The molecule has 0 saturated heterocycles. The van der Waals surface area contributed by atoms with Gasteiger partial charge in [0.1, 0.15) is 11.6 Å². The molecule has 0 aliphatic rings. The van der Waals surface area contributed by atoms with Gasteiger partial charge in [-0.15, -0.1) is 0 Å². The van der Waals surface area contributed by atoms with Crippen LogP contribution in [0.3, 0.4) is 0 Å². The number of rotatable bonds is 5. The molecule has 1 aromatic heterocycles.